The van der Waals surface area contributed by atoms with Crippen LogP contribution in [0.3, 0.4) is 0 Å². The van der Waals surface area contributed by atoms with Gasteiger partial charge in [0, 0.05) is 12.8 Å². The van der Waals surface area contributed by atoms with Gasteiger partial charge in [-0.15, -0.1) is 0 Å². The van der Waals surface area contributed by atoms with Crippen LogP contribution < -0.4 is 16.2 Å². The number of nitrogens with one attached hydrogen (secondary N) is 1. The van der Waals surface area contributed by atoms with E-state index in [1.165, 1.54) is 6.07 Å². The second kappa shape index (κ2) is 6.23. The number of rotatable bonds is 6. The third-order valence-corrected chi connectivity index (χ3v) is 3.80. The van der Waals surface area contributed by atoms with E-state index in [2.05, 4.69) is 19.2 Å². The number of primary sulfonamides is 1. The lowest BCUT2D eigenvalue weighted by Crippen LogP contribution is -2.30. The minimum Gasteiger partial charge on any atom is -0.398 e. The van der Waals surface area contributed by atoms with E-state index in [0.29, 0.717) is 12.5 Å². The molecule has 0 aliphatic carbocycles. The van der Waals surface area contributed by atoms with Crippen molar-refractivity contribution >= 4 is 21.4 Å². The van der Waals surface area contributed by atoms with Gasteiger partial charge in [-0.2, -0.15) is 0 Å². The van der Waals surface area contributed by atoms with Crippen LogP contribution in [0.1, 0.15) is 13.8 Å². The van der Waals surface area contributed by atoms with E-state index >= 15 is 0 Å². The lowest BCUT2D eigenvalue weighted by atomic mass is 10.0. The van der Waals surface area contributed by atoms with Crippen LogP contribution in [0.5, 0.6) is 0 Å². The largest absolute Gasteiger partial charge is 0.398 e. The lowest BCUT2D eigenvalue weighted by molar-refractivity contribution is 0.171. The minimum absolute atomic E-state index is 0.0640. The average molecular weight is 287 g/mol. The van der Waals surface area contributed by atoms with Crippen molar-refractivity contribution in [3.8, 4) is 0 Å². The number of sulfonamides is 1. The zero-order valence-corrected chi connectivity index (χ0v) is 12.2. The fourth-order valence-electron chi connectivity index (χ4n) is 1.69. The molecule has 0 saturated carbocycles. The monoisotopic (exact) mass is 287 g/mol. The molecular formula is C12H21N3O3S. The molecule has 0 heterocycles. The Labute approximate surface area is 114 Å². The molecule has 0 saturated heterocycles. The van der Waals surface area contributed by atoms with Gasteiger partial charge in [0.2, 0.25) is 10.0 Å². The van der Waals surface area contributed by atoms with Crippen LogP contribution in [0.25, 0.3) is 0 Å². The molecule has 1 rings (SSSR count). The number of anilines is 2. The predicted octanol–water partition coefficient (Wildman–Crippen LogP) is 0.999. The number of nitrogen functional groups attached to an aromatic ring is 1. The Kier molecular flexibility index (Phi) is 5.16. The molecular weight excluding hydrogens is 266 g/mol. The van der Waals surface area contributed by atoms with Crippen molar-refractivity contribution in [2.45, 2.75) is 24.8 Å². The van der Waals surface area contributed by atoms with Crippen molar-refractivity contribution in [3.05, 3.63) is 18.2 Å². The van der Waals surface area contributed by atoms with Crippen LogP contribution in [0.15, 0.2) is 23.1 Å². The molecule has 1 aromatic carbocycles. The topological polar surface area (TPSA) is 107 Å². The van der Waals surface area contributed by atoms with Crippen molar-refractivity contribution in [1.29, 1.82) is 0 Å². The number of nitrogens with two attached hydrogens (primary N) is 2. The molecule has 7 heteroatoms. The molecule has 0 aliphatic rings. The quantitative estimate of drug-likeness (QED) is 0.676. The summed E-state index contributed by atoms with van der Waals surface area (Å²) < 4.78 is 27.6. The Balaban J connectivity index is 2.95. The zero-order valence-electron chi connectivity index (χ0n) is 11.4. The molecule has 108 valence electrons. The summed E-state index contributed by atoms with van der Waals surface area (Å²) in [6.07, 6.45) is 0. The first-order valence-electron chi connectivity index (χ1n) is 5.93. The summed E-state index contributed by atoms with van der Waals surface area (Å²) >= 11 is 0. The highest BCUT2D eigenvalue weighted by Gasteiger charge is 2.15. The van der Waals surface area contributed by atoms with Crippen molar-refractivity contribution in [1.82, 2.24) is 0 Å². The van der Waals surface area contributed by atoms with E-state index in [-0.39, 0.29) is 16.6 Å². The summed E-state index contributed by atoms with van der Waals surface area (Å²) in [5.41, 5.74) is 6.57. The Bertz CT molecular complexity index is 529. The number of hydrogen-bond acceptors (Lipinski definition) is 5. The van der Waals surface area contributed by atoms with Crippen LogP contribution in [0.2, 0.25) is 0 Å². The number of methoxy groups -OCH3 is 1. The molecule has 0 amide bonds. The maximum Gasteiger partial charge on any atom is 0.240 e. The summed E-state index contributed by atoms with van der Waals surface area (Å²) in [5, 5.41) is 8.31. The molecule has 0 fully saturated rings. The lowest BCUT2D eigenvalue weighted by Gasteiger charge is -2.23. The Morgan fingerprint density at radius 2 is 2.00 bits per heavy atom. The van der Waals surface area contributed by atoms with Crippen LogP contribution in [-0.2, 0) is 14.8 Å². The van der Waals surface area contributed by atoms with Gasteiger partial charge in [-0.25, -0.2) is 13.6 Å². The Hall–Kier alpha value is -1.31. The molecule has 19 heavy (non-hydrogen) atoms. The maximum atomic E-state index is 11.3. The first-order valence-corrected chi connectivity index (χ1v) is 7.48. The number of hydrogen-bond donors (Lipinski definition) is 3. The van der Waals surface area contributed by atoms with Gasteiger partial charge in [0.1, 0.15) is 4.90 Å². The highest BCUT2D eigenvalue weighted by Crippen LogP contribution is 2.22. The Morgan fingerprint density at radius 1 is 1.37 bits per heavy atom. The standard InChI is InChI=1S/C12H21N3O3S/c1-8(2)11(7-18-3)15-9-4-5-12(10(13)6-9)19(14,16)17/h4-6,8,11,15H,7,13H2,1-3H3,(H2,14,16,17). The minimum atomic E-state index is -3.78. The zero-order chi connectivity index (χ0) is 14.6. The van der Waals surface area contributed by atoms with Gasteiger partial charge >= 0.3 is 0 Å². The first kappa shape index (κ1) is 15.7. The van der Waals surface area contributed by atoms with Crippen molar-refractivity contribution in [2.75, 3.05) is 24.8 Å². The van der Waals surface area contributed by atoms with Gasteiger partial charge in [-0.1, -0.05) is 13.8 Å². The molecule has 1 atom stereocenters. The smallest absolute Gasteiger partial charge is 0.240 e. The molecule has 1 aromatic rings. The number of ether oxygens (including phenoxy) is 1. The van der Waals surface area contributed by atoms with E-state index in [1.54, 1.807) is 19.2 Å². The fraction of sp³-hybridized carbons (Fsp3) is 0.500. The van der Waals surface area contributed by atoms with Gasteiger partial charge < -0.3 is 15.8 Å². The first-order chi connectivity index (χ1) is 8.75. The van der Waals surface area contributed by atoms with E-state index in [9.17, 15) is 8.42 Å². The molecule has 0 aromatic heterocycles. The maximum absolute atomic E-state index is 11.3. The van der Waals surface area contributed by atoms with E-state index < -0.39 is 10.0 Å². The summed E-state index contributed by atoms with van der Waals surface area (Å²) in [6.45, 7) is 4.69. The molecule has 0 aliphatic heterocycles. The van der Waals surface area contributed by atoms with E-state index in [4.69, 9.17) is 15.6 Å². The van der Waals surface area contributed by atoms with Crippen molar-refractivity contribution < 1.29 is 13.2 Å². The summed E-state index contributed by atoms with van der Waals surface area (Å²) in [4.78, 5) is -0.0640. The van der Waals surface area contributed by atoms with Crippen molar-refractivity contribution in [3.63, 3.8) is 0 Å². The molecule has 0 spiro atoms. The average Bonchev–Trinajstić information content (AvgIpc) is 2.26. The summed E-state index contributed by atoms with van der Waals surface area (Å²) in [6, 6.07) is 4.72. The van der Waals surface area contributed by atoms with Gasteiger partial charge in [0.05, 0.1) is 18.3 Å². The second-order valence-electron chi connectivity index (χ2n) is 4.75. The van der Waals surface area contributed by atoms with Gasteiger partial charge in [0.25, 0.3) is 0 Å². The normalized spacial score (nSPS) is 13.5. The van der Waals surface area contributed by atoms with Crippen molar-refractivity contribution in [2.24, 2.45) is 11.1 Å². The summed E-state index contributed by atoms with van der Waals surface area (Å²) in [5.74, 6) is 0.360. The van der Waals surface area contributed by atoms with Crippen LogP contribution >= 0.6 is 0 Å². The summed E-state index contributed by atoms with van der Waals surface area (Å²) in [7, 11) is -2.15. The molecule has 6 nitrogen and oxygen atoms in total. The third-order valence-electron chi connectivity index (χ3n) is 2.82. The second-order valence-corrected chi connectivity index (χ2v) is 6.28. The molecule has 1 unspecified atom stereocenters. The van der Waals surface area contributed by atoms with E-state index in [0.717, 1.165) is 5.69 Å². The molecule has 5 N–H and O–H groups in total. The molecule has 0 bridgehead atoms. The highest BCUT2D eigenvalue weighted by molar-refractivity contribution is 7.89. The highest BCUT2D eigenvalue weighted by atomic mass is 32.2. The van der Waals surface area contributed by atoms with E-state index in [1.807, 2.05) is 0 Å². The molecule has 0 radical (unpaired) electrons. The Morgan fingerprint density at radius 3 is 2.42 bits per heavy atom. The SMILES string of the molecule is COCC(Nc1ccc(S(N)(=O)=O)c(N)c1)C(C)C. The van der Waals surface area contributed by atoms with Crippen LogP contribution in [0, 0.1) is 5.92 Å². The van der Waals surface area contributed by atoms with Gasteiger partial charge in [-0.05, 0) is 24.1 Å². The van der Waals surface area contributed by atoms with Crippen LogP contribution in [0.4, 0.5) is 11.4 Å². The third kappa shape index (κ3) is 4.38. The predicted molar refractivity (Wildman–Crippen MR) is 76.4 cm³/mol. The number of benzene rings is 1. The van der Waals surface area contributed by atoms with Gasteiger partial charge in [-0.3, -0.25) is 0 Å². The van der Waals surface area contributed by atoms with Gasteiger partial charge in [0.15, 0.2) is 0 Å². The fourth-order valence-corrected chi connectivity index (χ4v) is 2.34. The van der Waals surface area contributed by atoms with Crippen LogP contribution in [-0.4, -0.2) is 28.2 Å².